The third kappa shape index (κ3) is 4.35. The standard InChI is InChI=1S/C17H20ClN5O/c1-12-9-16(20-11-19-12)21-14-5-7-23(8-6-14)17(24)22-15-4-2-3-13(18)10-15/h2-4,9-11,14H,5-8H2,1H3,(H,22,24)(H,19,20,21). The molecule has 1 aliphatic rings. The van der Waals surface area contributed by atoms with Crippen molar-refractivity contribution in [2.75, 3.05) is 23.7 Å². The highest BCUT2D eigenvalue weighted by Crippen LogP contribution is 2.18. The molecule has 126 valence electrons. The van der Waals surface area contributed by atoms with Gasteiger partial charge in [-0.1, -0.05) is 17.7 Å². The number of nitrogens with zero attached hydrogens (tertiary/aromatic N) is 3. The lowest BCUT2D eigenvalue weighted by Crippen LogP contribution is -2.44. The molecule has 2 amide bonds. The highest BCUT2D eigenvalue weighted by molar-refractivity contribution is 6.30. The van der Waals surface area contributed by atoms with Crippen molar-refractivity contribution in [1.82, 2.24) is 14.9 Å². The van der Waals surface area contributed by atoms with Crippen LogP contribution in [-0.4, -0.2) is 40.0 Å². The summed E-state index contributed by atoms with van der Waals surface area (Å²) in [7, 11) is 0. The van der Waals surface area contributed by atoms with Crippen molar-refractivity contribution < 1.29 is 4.79 Å². The number of aryl methyl sites for hydroxylation is 1. The smallest absolute Gasteiger partial charge is 0.321 e. The Bertz CT molecular complexity index is 716. The number of benzene rings is 1. The average Bonchev–Trinajstić information content (AvgIpc) is 2.55. The van der Waals surface area contributed by atoms with Gasteiger partial charge < -0.3 is 15.5 Å². The normalized spacial score (nSPS) is 15.2. The number of carbonyl (C=O) groups excluding carboxylic acids is 1. The Morgan fingerprint density at radius 1 is 1.25 bits per heavy atom. The van der Waals surface area contributed by atoms with Crippen LogP contribution in [0, 0.1) is 6.92 Å². The van der Waals surface area contributed by atoms with Gasteiger partial charge in [-0.15, -0.1) is 0 Å². The van der Waals surface area contributed by atoms with Crippen molar-refractivity contribution in [3.05, 3.63) is 47.4 Å². The average molecular weight is 346 g/mol. The summed E-state index contributed by atoms with van der Waals surface area (Å²) in [6.07, 6.45) is 3.32. The van der Waals surface area contributed by atoms with Gasteiger partial charge in [0.25, 0.3) is 0 Å². The maximum absolute atomic E-state index is 12.3. The lowest BCUT2D eigenvalue weighted by atomic mass is 10.1. The van der Waals surface area contributed by atoms with Gasteiger partial charge in [-0.05, 0) is 38.0 Å². The molecular weight excluding hydrogens is 326 g/mol. The van der Waals surface area contributed by atoms with E-state index in [0.29, 0.717) is 29.8 Å². The SMILES string of the molecule is Cc1cc(NC2CCN(C(=O)Nc3cccc(Cl)c3)CC2)ncn1. The minimum absolute atomic E-state index is 0.0893. The van der Waals surface area contributed by atoms with Gasteiger partial charge in [0.15, 0.2) is 0 Å². The summed E-state index contributed by atoms with van der Waals surface area (Å²) in [5.74, 6) is 0.837. The number of carbonyl (C=O) groups is 1. The molecule has 0 atom stereocenters. The second-order valence-corrected chi connectivity index (χ2v) is 6.33. The third-order valence-corrected chi connectivity index (χ3v) is 4.25. The summed E-state index contributed by atoms with van der Waals surface area (Å²) in [4.78, 5) is 22.5. The lowest BCUT2D eigenvalue weighted by Gasteiger charge is -2.32. The number of urea groups is 1. The summed E-state index contributed by atoms with van der Waals surface area (Å²) >= 11 is 5.94. The van der Waals surface area contributed by atoms with E-state index in [1.54, 1.807) is 18.5 Å². The number of hydrogen-bond donors (Lipinski definition) is 2. The second-order valence-electron chi connectivity index (χ2n) is 5.89. The van der Waals surface area contributed by atoms with E-state index in [0.717, 1.165) is 24.4 Å². The van der Waals surface area contributed by atoms with Crippen LogP contribution in [0.5, 0.6) is 0 Å². The van der Waals surface area contributed by atoms with Gasteiger partial charge in [-0.3, -0.25) is 0 Å². The van der Waals surface area contributed by atoms with Gasteiger partial charge >= 0.3 is 6.03 Å². The Labute approximate surface area is 146 Å². The highest BCUT2D eigenvalue weighted by atomic mass is 35.5. The van der Waals surface area contributed by atoms with Crippen LogP contribution >= 0.6 is 11.6 Å². The summed E-state index contributed by atoms with van der Waals surface area (Å²) in [6, 6.07) is 9.32. The summed E-state index contributed by atoms with van der Waals surface area (Å²) in [5, 5.41) is 6.90. The molecule has 1 fully saturated rings. The van der Waals surface area contributed by atoms with Gasteiger partial charge in [-0.2, -0.15) is 0 Å². The first-order valence-corrected chi connectivity index (χ1v) is 8.34. The Kier molecular flexibility index (Phi) is 5.15. The summed E-state index contributed by atoms with van der Waals surface area (Å²) in [6.45, 7) is 3.35. The number of rotatable bonds is 3. The van der Waals surface area contributed by atoms with Crippen molar-refractivity contribution in [1.29, 1.82) is 0 Å². The first-order valence-electron chi connectivity index (χ1n) is 7.97. The zero-order chi connectivity index (χ0) is 16.9. The topological polar surface area (TPSA) is 70.2 Å². The number of likely N-dealkylation sites (tertiary alicyclic amines) is 1. The van der Waals surface area contributed by atoms with Crippen LogP contribution in [-0.2, 0) is 0 Å². The quantitative estimate of drug-likeness (QED) is 0.892. The monoisotopic (exact) mass is 345 g/mol. The molecule has 0 radical (unpaired) electrons. The molecule has 0 aliphatic carbocycles. The number of halogens is 1. The maximum Gasteiger partial charge on any atom is 0.321 e. The number of aromatic nitrogens is 2. The molecule has 0 bridgehead atoms. The fraction of sp³-hybridized carbons (Fsp3) is 0.353. The van der Waals surface area contributed by atoms with E-state index < -0.39 is 0 Å². The minimum atomic E-state index is -0.0893. The van der Waals surface area contributed by atoms with Crippen LogP contribution in [0.1, 0.15) is 18.5 Å². The van der Waals surface area contributed by atoms with Crippen LogP contribution in [0.3, 0.4) is 0 Å². The Hall–Kier alpha value is -2.34. The number of amides is 2. The van der Waals surface area contributed by atoms with Crippen molar-refractivity contribution in [2.45, 2.75) is 25.8 Å². The molecular formula is C17H20ClN5O. The van der Waals surface area contributed by atoms with E-state index in [-0.39, 0.29) is 6.03 Å². The van der Waals surface area contributed by atoms with Crippen molar-refractivity contribution >= 4 is 29.1 Å². The maximum atomic E-state index is 12.3. The van der Waals surface area contributed by atoms with Crippen LogP contribution < -0.4 is 10.6 Å². The summed E-state index contributed by atoms with van der Waals surface area (Å²) in [5.41, 5.74) is 1.65. The van der Waals surface area contributed by atoms with Gasteiger partial charge in [0, 0.05) is 41.6 Å². The largest absolute Gasteiger partial charge is 0.367 e. The van der Waals surface area contributed by atoms with Gasteiger partial charge in [0.1, 0.15) is 12.1 Å². The fourth-order valence-electron chi connectivity index (χ4n) is 2.74. The molecule has 1 aliphatic heterocycles. The predicted octanol–water partition coefficient (Wildman–Crippen LogP) is 3.55. The van der Waals surface area contributed by atoms with Crippen LogP contribution in [0.2, 0.25) is 5.02 Å². The Morgan fingerprint density at radius 2 is 2.04 bits per heavy atom. The van der Waals surface area contributed by atoms with Crippen molar-refractivity contribution in [3.8, 4) is 0 Å². The van der Waals surface area contributed by atoms with Crippen LogP contribution in [0.4, 0.5) is 16.3 Å². The van der Waals surface area contributed by atoms with Gasteiger partial charge in [0.2, 0.25) is 0 Å². The molecule has 3 rings (SSSR count). The van der Waals surface area contributed by atoms with Crippen molar-refractivity contribution in [2.24, 2.45) is 0 Å². The fourth-order valence-corrected chi connectivity index (χ4v) is 2.93. The van der Waals surface area contributed by atoms with E-state index in [1.165, 1.54) is 0 Å². The van der Waals surface area contributed by atoms with E-state index in [2.05, 4.69) is 20.6 Å². The zero-order valence-electron chi connectivity index (χ0n) is 13.5. The predicted molar refractivity (Wildman–Crippen MR) is 95.5 cm³/mol. The third-order valence-electron chi connectivity index (χ3n) is 4.01. The molecule has 2 aromatic rings. The molecule has 0 unspecified atom stereocenters. The zero-order valence-corrected chi connectivity index (χ0v) is 14.3. The first-order chi connectivity index (χ1) is 11.6. The van der Waals surface area contributed by atoms with Crippen LogP contribution in [0.25, 0.3) is 0 Å². The molecule has 24 heavy (non-hydrogen) atoms. The molecule has 1 aromatic carbocycles. The van der Waals surface area contributed by atoms with Gasteiger partial charge in [-0.25, -0.2) is 14.8 Å². The van der Waals surface area contributed by atoms with E-state index >= 15 is 0 Å². The molecule has 2 heterocycles. The molecule has 1 aromatic heterocycles. The molecule has 0 saturated carbocycles. The minimum Gasteiger partial charge on any atom is -0.367 e. The van der Waals surface area contributed by atoms with Gasteiger partial charge in [0.05, 0.1) is 0 Å². The van der Waals surface area contributed by atoms with E-state index in [1.807, 2.05) is 30.0 Å². The molecule has 6 nitrogen and oxygen atoms in total. The number of nitrogens with one attached hydrogen (secondary N) is 2. The second kappa shape index (κ2) is 7.49. The molecule has 2 N–H and O–H groups in total. The highest BCUT2D eigenvalue weighted by Gasteiger charge is 2.23. The van der Waals surface area contributed by atoms with Crippen molar-refractivity contribution in [3.63, 3.8) is 0 Å². The number of piperidine rings is 1. The first kappa shape index (κ1) is 16.5. The lowest BCUT2D eigenvalue weighted by molar-refractivity contribution is 0.197. The Morgan fingerprint density at radius 3 is 2.75 bits per heavy atom. The van der Waals surface area contributed by atoms with Crippen LogP contribution in [0.15, 0.2) is 36.7 Å². The molecule has 1 saturated heterocycles. The molecule has 0 spiro atoms. The molecule has 7 heteroatoms. The summed E-state index contributed by atoms with van der Waals surface area (Å²) < 4.78 is 0. The number of hydrogen-bond acceptors (Lipinski definition) is 4. The van der Waals surface area contributed by atoms with E-state index in [9.17, 15) is 4.79 Å². The Balaban J connectivity index is 1.50. The number of anilines is 2. The van der Waals surface area contributed by atoms with E-state index in [4.69, 9.17) is 11.6 Å².